The highest BCUT2D eigenvalue weighted by Crippen LogP contribution is 2.27. The first-order chi connectivity index (χ1) is 13.8. The summed E-state index contributed by atoms with van der Waals surface area (Å²) in [4.78, 5) is 5.77. The van der Waals surface area contributed by atoms with Gasteiger partial charge in [0.2, 0.25) is 0 Å². The average Bonchev–Trinajstić information content (AvgIpc) is 2.71. The first-order valence-electron chi connectivity index (χ1n) is 9.17. The van der Waals surface area contributed by atoms with Gasteiger partial charge < -0.3 is 4.84 Å². The predicted molar refractivity (Wildman–Crippen MR) is 107 cm³/mol. The van der Waals surface area contributed by atoms with Gasteiger partial charge in [-0.15, -0.1) is 0 Å². The molecule has 156 valence electrons. The highest BCUT2D eigenvalue weighted by Gasteiger charge is 2.28. The normalized spacial score (nSPS) is 15.7. The van der Waals surface area contributed by atoms with Gasteiger partial charge >= 0.3 is 0 Å². The summed E-state index contributed by atoms with van der Waals surface area (Å²) < 4.78 is 53.6. The molecule has 9 heteroatoms. The Balaban J connectivity index is 1.75. The molecule has 29 heavy (non-hydrogen) atoms. The number of piperidine rings is 1. The molecule has 1 heterocycles. The molecule has 0 unspecified atom stereocenters. The molecule has 3 rings (SSSR count). The first-order valence-corrected chi connectivity index (χ1v) is 10.6. The summed E-state index contributed by atoms with van der Waals surface area (Å²) in [7, 11) is -0.453. The third-order valence-electron chi connectivity index (χ3n) is 4.72. The summed E-state index contributed by atoms with van der Waals surface area (Å²) in [5.41, 5.74) is 2.09. The van der Waals surface area contributed by atoms with Gasteiger partial charge in [-0.3, -0.25) is 0 Å². The van der Waals surface area contributed by atoms with Crippen molar-refractivity contribution < 1.29 is 22.0 Å². The van der Waals surface area contributed by atoms with E-state index in [1.165, 1.54) is 47.0 Å². The molecule has 0 aliphatic carbocycles. The quantitative estimate of drug-likeness (QED) is 0.670. The van der Waals surface area contributed by atoms with Crippen molar-refractivity contribution in [3.63, 3.8) is 0 Å². The van der Waals surface area contributed by atoms with Crippen molar-refractivity contribution in [2.24, 2.45) is 5.16 Å². The van der Waals surface area contributed by atoms with Crippen LogP contribution in [0.2, 0.25) is 0 Å². The van der Waals surface area contributed by atoms with Crippen LogP contribution in [0, 0.1) is 11.6 Å². The van der Waals surface area contributed by atoms with Gasteiger partial charge in [0.1, 0.15) is 11.6 Å². The monoisotopic (exact) mass is 423 g/mol. The van der Waals surface area contributed by atoms with Crippen LogP contribution < -0.4 is 0 Å². The Hall–Kier alpha value is -2.36. The van der Waals surface area contributed by atoms with Gasteiger partial charge in [0.05, 0.1) is 5.71 Å². The van der Waals surface area contributed by atoms with Gasteiger partial charge in [-0.1, -0.05) is 29.4 Å². The smallest absolute Gasteiger partial charge is 0.281 e. The van der Waals surface area contributed by atoms with E-state index in [0.29, 0.717) is 37.1 Å². The first kappa shape index (κ1) is 21.4. The van der Waals surface area contributed by atoms with Crippen LogP contribution in [0.15, 0.2) is 53.7 Å². The zero-order valence-electron chi connectivity index (χ0n) is 16.3. The molecule has 1 aliphatic heterocycles. The molecule has 2 aromatic rings. The Morgan fingerprint density at radius 3 is 1.79 bits per heavy atom. The summed E-state index contributed by atoms with van der Waals surface area (Å²) in [6.07, 6.45) is 0.270. The topological polar surface area (TPSA) is 62.2 Å². The minimum absolute atomic E-state index is 0.320. The summed E-state index contributed by atoms with van der Waals surface area (Å²) in [5.74, 6) is -0.736. The molecule has 1 saturated heterocycles. The van der Waals surface area contributed by atoms with E-state index in [-0.39, 0.29) is 11.6 Å². The maximum Gasteiger partial charge on any atom is 0.281 e. The van der Waals surface area contributed by atoms with Crippen LogP contribution in [0.3, 0.4) is 0 Å². The fourth-order valence-electron chi connectivity index (χ4n) is 3.01. The molecular formula is C20H23F2N3O3S. The third-order valence-corrected chi connectivity index (χ3v) is 6.66. The fourth-order valence-corrected chi connectivity index (χ4v) is 4.12. The highest BCUT2D eigenvalue weighted by molar-refractivity contribution is 7.86. The minimum atomic E-state index is -3.45. The van der Waals surface area contributed by atoms with Gasteiger partial charge in [0, 0.05) is 40.0 Å². The molecule has 1 fully saturated rings. The molecular weight excluding hydrogens is 400 g/mol. The number of oxime groups is 1. The largest absolute Gasteiger partial charge is 0.383 e. The van der Waals surface area contributed by atoms with Crippen LogP contribution in [-0.2, 0) is 15.0 Å². The van der Waals surface area contributed by atoms with Crippen LogP contribution in [0.25, 0.3) is 0 Å². The summed E-state index contributed by atoms with van der Waals surface area (Å²) >= 11 is 0. The number of nitrogens with zero attached hydrogens (tertiary/aromatic N) is 3. The molecule has 6 nitrogen and oxygen atoms in total. The lowest BCUT2D eigenvalue weighted by atomic mass is 10.0. The maximum atomic E-state index is 13.3. The Labute approximate surface area is 169 Å². The summed E-state index contributed by atoms with van der Waals surface area (Å²) in [6, 6.07) is 11.7. The predicted octanol–water partition coefficient (Wildman–Crippen LogP) is 3.33. The Morgan fingerprint density at radius 1 is 0.931 bits per heavy atom. The minimum Gasteiger partial charge on any atom is -0.383 e. The van der Waals surface area contributed by atoms with Gasteiger partial charge in [-0.25, -0.2) is 8.78 Å². The zero-order chi connectivity index (χ0) is 21.0. The van der Waals surface area contributed by atoms with Crippen molar-refractivity contribution in [2.75, 3.05) is 27.2 Å². The average molecular weight is 423 g/mol. The van der Waals surface area contributed by atoms with Crippen molar-refractivity contribution in [1.29, 1.82) is 0 Å². The molecule has 0 spiro atoms. The van der Waals surface area contributed by atoms with Crippen molar-refractivity contribution in [1.82, 2.24) is 8.61 Å². The molecule has 0 saturated carbocycles. The molecule has 0 bridgehead atoms. The van der Waals surface area contributed by atoms with Gasteiger partial charge in [-0.2, -0.15) is 17.0 Å². The fraction of sp³-hybridized carbons (Fsp3) is 0.350. The molecule has 0 atom stereocenters. The lowest BCUT2D eigenvalue weighted by Crippen LogP contribution is -2.44. The van der Waals surface area contributed by atoms with E-state index in [1.807, 2.05) is 0 Å². The molecule has 0 N–H and O–H groups in total. The second kappa shape index (κ2) is 8.98. The SMILES string of the molecule is CN(C)S(=O)(=O)N1CCC(=NOC(c2ccc(F)cc2)c2ccc(F)cc2)CC1. The van der Waals surface area contributed by atoms with E-state index >= 15 is 0 Å². The van der Waals surface area contributed by atoms with Crippen molar-refractivity contribution in [3.05, 3.63) is 71.3 Å². The van der Waals surface area contributed by atoms with Crippen molar-refractivity contribution >= 4 is 15.9 Å². The van der Waals surface area contributed by atoms with E-state index in [9.17, 15) is 17.2 Å². The summed E-state index contributed by atoms with van der Waals surface area (Å²) in [6.45, 7) is 0.640. The van der Waals surface area contributed by atoms with Gasteiger partial charge in [0.25, 0.3) is 10.2 Å². The molecule has 0 amide bonds. The lowest BCUT2D eigenvalue weighted by Gasteiger charge is -2.29. The number of rotatable bonds is 6. The maximum absolute atomic E-state index is 13.3. The van der Waals surface area contributed by atoms with Crippen molar-refractivity contribution in [3.8, 4) is 0 Å². The molecule has 0 radical (unpaired) electrons. The molecule has 1 aliphatic rings. The summed E-state index contributed by atoms with van der Waals surface area (Å²) in [5, 5.41) is 4.24. The van der Waals surface area contributed by atoms with Gasteiger partial charge in [-0.05, 0) is 35.4 Å². The van der Waals surface area contributed by atoms with E-state index in [1.54, 1.807) is 24.3 Å². The van der Waals surface area contributed by atoms with Crippen LogP contribution in [0.5, 0.6) is 0 Å². The Kier molecular flexibility index (Phi) is 6.61. The van der Waals surface area contributed by atoms with Gasteiger partial charge in [0.15, 0.2) is 6.10 Å². The van der Waals surface area contributed by atoms with E-state index < -0.39 is 16.3 Å². The Morgan fingerprint density at radius 2 is 1.38 bits per heavy atom. The second-order valence-electron chi connectivity index (χ2n) is 6.94. The molecule has 0 aromatic heterocycles. The lowest BCUT2D eigenvalue weighted by molar-refractivity contribution is 0.0855. The van der Waals surface area contributed by atoms with E-state index in [4.69, 9.17) is 4.84 Å². The van der Waals surface area contributed by atoms with E-state index in [0.717, 1.165) is 5.71 Å². The highest BCUT2D eigenvalue weighted by atomic mass is 32.2. The number of hydrogen-bond donors (Lipinski definition) is 0. The zero-order valence-corrected chi connectivity index (χ0v) is 17.1. The second-order valence-corrected chi connectivity index (χ2v) is 9.08. The van der Waals surface area contributed by atoms with Crippen LogP contribution in [0.1, 0.15) is 30.1 Å². The third kappa shape index (κ3) is 5.17. The Bertz CT molecular complexity index is 906. The van der Waals surface area contributed by atoms with Crippen LogP contribution >= 0.6 is 0 Å². The van der Waals surface area contributed by atoms with Crippen LogP contribution in [0.4, 0.5) is 8.78 Å². The number of benzene rings is 2. The number of hydrogen-bond acceptors (Lipinski definition) is 4. The standard InChI is InChI=1S/C20H23F2N3O3S/c1-24(2)29(26,27)25-13-11-19(12-14-25)23-28-20(15-3-7-17(21)8-4-15)16-5-9-18(22)10-6-16/h3-10,20H,11-14H2,1-2H3. The van der Waals surface area contributed by atoms with Crippen molar-refractivity contribution in [2.45, 2.75) is 18.9 Å². The number of halogens is 2. The van der Waals surface area contributed by atoms with Crippen LogP contribution in [-0.4, -0.2) is 49.9 Å². The molecule has 2 aromatic carbocycles. The van der Waals surface area contributed by atoms with E-state index in [2.05, 4.69) is 5.16 Å².